The van der Waals surface area contributed by atoms with E-state index in [-0.39, 0.29) is 11.5 Å². The van der Waals surface area contributed by atoms with Gasteiger partial charge < -0.3 is 10.2 Å². The van der Waals surface area contributed by atoms with E-state index in [4.69, 9.17) is 10.2 Å². The first-order chi connectivity index (χ1) is 6.79. The third-order valence-electron chi connectivity index (χ3n) is 1.24. The number of aromatic hydroxyl groups is 2. The van der Waals surface area contributed by atoms with E-state index in [1.54, 1.807) is 24.5 Å². The van der Waals surface area contributed by atoms with Gasteiger partial charge in [-0.25, -0.2) is 0 Å². The molecule has 1 heterocycles. The zero-order valence-electron chi connectivity index (χ0n) is 7.28. The molecular formula is C9H9N3O2. The van der Waals surface area contributed by atoms with E-state index in [1.165, 1.54) is 18.2 Å². The number of hydrogen-bond donors (Lipinski definition) is 2. The van der Waals surface area contributed by atoms with Crippen LogP contribution in [0.4, 0.5) is 0 Å². The minimum absolute atomic E-state index is 0.0880. The minimum atomic E-state index is 0.0880. The molecule has 1 aromatic heterocycles. The lowest BCUT2D eigenvalue weighted by molar-refractivity contribution is 0.450. The third kappa shape index (κ3) is 4.01. The fraction of sp³-hybridized carbons (Fsp3) is 0. The van der Waals surface area contributed by atoms with Crippen LogP contribution >= 0.6 is 0 Å². The molecule has 14 heavy (non-hydrogen) atoms. The lowest BCUT2D eigenvalue weighted by Gasteiger charge is -1.89. The van der Waals surface area contributed by atoms with Crippen LogP contribution in [0.3, 0.4) is 0 Å². The molecule has 2 rings (SSSR count). The average Bonchev–Trinajstić information content (AvgIpc) is 2.21. The van der Waals surface area contributed by atoms with Crippen molar-refractivity contribution in [3.8, 4) is 11.5 Å². The highest BCUT2D eigenvalue weighted by Crippen LogP contribution is 2.14. The van der Waals surface area contributed by atoms with Crippen LogP contribution in [0.5, 0.6) is 11.5 Å². The zero-order chi connectivity index (χ0) is 10.2. The predicted octanol–water partition coefficient (Wildman–Crippen LogP) is 0.969. The van der Waals surface area contributed by atoms with Gasteiger partial charge >= 0.3 is 0 Å². The fourth-order valence-electron chi connectivity index (χ4n) is 0.698. The molecule has 5 heteroatoms. The van der Waals surface area contributed by atoms with E-state index in [0.29, 0.717) is 0 Å². The summed E-state index contributed by atoms with van der Waals surface area (Å²) in [5.41, 5.74) is 0. The maximum Gasteiger partial charge on any atom is 0.119 e. The molecule has 2 N–H and O–H groups in total. The highest BCUT2D eigenvalue weighted by molar-refractivity contribution is 5.30. The van der Waals surface area contributed by atoms with Crippen LogP contribution < -0.4 is 0 Å². The van der Waals surface area contributed by atoms with Gasteiger partial charge in [0.1, 0.15) is 11.5 Å². The summed E-state index contributed by atoms with van der Waals surface area (Å²) >= 11 is 0. The molecule has 72 valence electrons. The van der Waals surface area contributed by atoms with E-state index in [0.717, 1.165) is 0 Å². The van der Waals surface area contributed by atoms with Crippen LogP contribution in [0.25, 0.3) is 0 Å². The van der Waals surface area contributed by atoms with Gasteiger partial charge in [0.15, 0.2) is 0 Å². The van der Waals surface area contributed by atoms with Crippen molar-refractivity contribution in [2.24, 2.45) is 0 Å². The van der Waals surface area contributed by atoms with Gasteiger partial charge in [0.05, 0.1) is 12.4 Å². The Bertz CT molecular complexity index is 323. The van der Waals surface area contributed by atoms with Crippen molar-refractivity contribution in [1.29, 1.82) is 0 Å². The summed E-state index contributed by atoms with van der Waals surface area (Å²) in [6, 6.07) is 7.57. The minimum Gasteiger partial charge on any atom is -0.508 e. The Morgan fingerprint density at radius 3 is 1.64 bits per heavy atom. The van der Waals surface area contributed by atoms with Crippen molar-refractivity contribution in [1.82, 2.24) is 15.4 Å². The van der Waals surface area contributed by atoms with Gasteiger partial charge in [-0.2, -0.15) is 0 Å². The van der Waals surface area contributed by atoms with Crippen molar-refractivity contribution >= 4 is 0 Å². The number of benzene rings is 1. The van der Waals surface area contributed by atoms with E-state index in [1.807, 2.05) is 0 Å². The molecule has 2 aromatic rings. The Kier molecular flexibility index (Phi) is 3.87. The Balaban J connectivity index is 0.000000146. The molecule has 0 aliphatic heterocycles. The van der Waals surface area contributed by atoms with Crippen molar-refractivity contribution in [2.45, 2.75) is 0 Å². The number of phenolic OH excluding ortho intramolecular Hbond substituents is 2. The zero-order valence-corrected chi connectivity index (χ0v) is 7.28. The molecule has 0 radical (unpaired) electrons. The normalized spacial score (nSPS) is 8.57. The molecule has 1 aromatic carbocycles. The van der Waals surface area contributed by atoms with Gasteiger partial charge in [0, 0.05) is 6.07 Å². The van der Waals surface area contributed by atoms with Gasteiger partial charge in [-0.1, -0.05) is 6.07 Å². The molecule has 0 bridgehead atoms. The number of aromatic nitrogens is 3. The molecule has 0 saturated carbocycles. The second-order valence-corrected chi connectivity index (χ2v) is 2.33. The van der Waals surface area contributed by atoms with E-state index >= 15 is 0 Å². The van der Waals surface area contributed by atoms with Crippen LogP contribution in [0.1, 0.15) is 0 Å². The van der Waals surface area contributed by atoms with Gasteiger partial charge in [-0.05, 0) is 23.4 Å². The topological polar surface area (TPSA) is 79.1 Å². The van der Waals surface area contributed by atoms with Crippen LogP contribution in [-0.4, -0.2) is 25.6 Å². The Labute approximate surface area is 80.7 Å². The highest BCUT2D eigenvalue weighted by atomic mass is 16.3. The molecule has 0 unspecified atom stereocenters. The fourth-order valence-corrected chi connectivity index (χ4v) is 0.698. The summed E-state index contributed by atoms with van der Waals surface area (Å²) in [6.07, 6.45) is 3.15. The molecule has 5 nitrogen and oxygen atoms in total. The van der Waals surface area contributed by atoms with Crippen LogP contribution in [0.2, 0.25) is 0 Å². The van der Waals surface area contributed by atoms with E-state index in [2.05, 4.69) is 15.4 Å². The predicted molar refractivity (Wildman–Crippen MR) is 49.6 cm³/mol. The quantitative estimate of drug-likeness (QED) is 0.648. The summed E-state index contributed by atoms with van der Waals surface area (Å²) in [4.78, 5) is 0. The second kappa shape index (κ2) is 5.47. The maximum absolute atomic E-state index is 8.65. The maximum atomic E-state index is 8.65. The molecule has 0 saturated heterocycles. The first-order valence-corrected chi connectivity index (χ1v) is 3.85. The smallest absolute Gasteiger partial charge is 0.119 e. The highest BCUT2D eigenvalue weighted by Gasteiger charge is 1.85. The third-order valence-corrected chi connectivity index (χ3v) is 1.24. The van der Waals surface area contributed by atoms with Gasteiger partial charge in [-0.15, -0.1) is 10.2 Å². The summed E-state index contributed by atoms with van der Waals surface area (Å²) in [5.74, 6) is 0.176. The van der Waals surface area contributed by atoms with Crippen LogP contribution in [-0.2, 0) is 0 Å². The summed E-state index contributed by atoms with van der Waals surface area (Å²) in [6.45, 7) is 0. The first kappa shape index (κ1) is 9.91. The molecule has 0 atom stereocenters. The SMILES string of the molecule is Oc1cccc(O)c1.c1cnnnc1. The molecule has 0 amide bonds. The second-order valence-electron chi connectivity index (χ2n) is 2.33. The Morgan fingerprint density at radius 2 is 1.43 bits per heavy atom. The van der Waals surface area contributed by atoms with E-state index in [9.17, 15) is 0 Å². The molecule has 0 aliphatic rings. The average molecular weight is 191 g/mol. The standard InChI is InChI=1S/C6H6O2.C3H3N3/c7-5-2-1-3-6(8)4-5;1-2-4-6-5-3-1/h1-4,7-8H;1-3H. The van der Waals surface area contributed by atoms with Crippen molar-refractivity contribution < 1.29 is 10.2 Å². The van der Waals surface area contributed by atoms with Crippen molar-refractivity contribution in [3.63, 3.8) is 0 Å². The van der Waals surface area contributed by atoms with Crippen LogP contribution in [0.15, 0.2) is 42.7 Å². The Morgan fingerprint density at radius 1 is 0.857 bits per heavy atom. The summed E-state index contributed by atoms with van der Waals surface area (Å²) < 4.78 is 0. The summed E-state index contributed by atoms with van der Waals surface area (Å²) in [7, 11) is 0. The lowest BCUT2D eigenvalue weighted by Crippen LogP contribution is -1.78. The van der Waals surface area contributed by atoms with Crippen molar-refractivity contribution in [2.75, 3.05) is 0 Å². The Hall–Kier alpha value is -2.17. The molecular weight excluding hydrogens is 182 g/mol. The van der Waals surface area contributed by atoms with Gasteiger partial charge in [-0.3, -0.25) is 0 Å². The summed E-state index contributed by atoms with van der Waals surface area (Å²) in [5, 5.41) is 27.4. The largest absolute Gasteiger partial charge is 0.508 e. The van der Waals surface area contributed by atoms with Crippen molar-refractivity contribution in [3.05, 3.63) is 42.7 Å². The van der Waals surface area contributed by atoms with Gasteiger partial charge in [0.2, 0.25) is 0 Å². The first-order valence-electron chi connectivity index (χ1n) is 3.85. The number of hydrogen-bond acceptors (Lipinski definition) is 5. The molecule has 0 fully saturated rings. The number of nitrogens with zero attached hydrogens (tertiary/aromatic N) is 3. The monoisotopic (exact) mass is 191 g/mol. The van der Waals surface area contributed by atoms with Gasteiger partial charge in [0.25, 0.3) is 0 Å². The lowest BCUT2D eigenvalue weighted by atomic mass is 10.3. The van der Waals surface area contributed by atoms with Crippen LogP contribution in [0, 0.1) is 0 Å². The van der Waals surface area contributed by atoms with E-state index < -0.39 is 0 Å². The number of rotatable bonds is 0. The number of phenols is 2. The molecule has 0 spiro atoms. The molecule has 0 aliphatic carbocycles.